The molecule has 0 saturated heterocycles. The Morgan fingerprint density at radius 1 is 1.05 bits per heavy atom. The Labute approximate surface area is 353 Å². The number of amides is 2. The minimum absolute atomic E-state index is 0.00200. The first-order valence-electron chi connectivity index (χ1n) is 21.2. The number of ether oxygens (including phenoxy) is 4. The van der Waals surface area contributed by atoms with Crippen LogP contribution in [0.1, 0.15) is 100 Å². The van der Waals surface area contributed by atoms with Gasteiger partial charge in [-0.3, -0.25) is 4.79 Å². The summed E-state index contributed by atoms with van der Waals surface area (Å²) in [5.74, 6) is -2.02. The number of nitrogens with zero attached hydrogens (tertiary/aromatic N) is 3. The largest absolute Gasteiger partial charge is 0.459 e. The molecule has 2 aromatic rings. The summed E-state index contributed by atoms with van der Waals surface area (Å²) in [5.41, 5.74) is 2.38. The van der Waals surface area contributed by atoms with Crippen LogP contribution in [0, 0.1) is 29.1 Å². The number of allylic oxidation sites excluding steroid dienone is 1. The molecule has 1 fully saturated rings. The molecule has 14 heteroatoms. The molecule has 0 spiro atoms. The fraction of sp³-hybridized carbons (Fsp3) is 0.565. The highest BCUT2D eigenvalue weighted by atomic mass is 16.7. The first kappa shape index (κ1) is 46.3. The molecule has 1 saturated carbocycles. The van der Waals surface area contributed by atoms with Gasteiger partial charge < -0.3 is 49.3 Å². The van der Waals surface area contributed by atoms with Crippen molar-refractivity contribution in [1.29, 1.82) is 5.26 Å². The van der Waals surface area contributed by atoms with E-state index < -0.39 is 29.4 Å². The first-order chi connectivity index (χ1) is 28.9. The molecule has 0 aromatic heterocycles. The molecule has 2 aliphatic carbocycles. The molecule has 3 aliphatic rings. The van der Waals surface area contributed by atoms with Crippen molar-refractivity contribution in [1.82, 2.24) is 10.2 Å². The average Bonchev–Trinajstić information content (AvgIpc) is 3.23. The van der Waals surface area contributed by atoms with Gasteiger partial charge in [-0.15, -0.1) is 6.58 Å². The molecule has 2 amide bonds. The van der Waals surface area contributed by atoms with Crippen molar-refractivity contribution in [2.75, 3.05) is 52.7 Å². The Morgan fingerprint density at radius 2 is 1.78 bits per heavy atom. The summed E-state index contributed by atoms with van der Waals surface area (Å²) < 4.78 is 25.8. The van der Waals surface area contributed by atoms with Gasteiger partial charge in [0.05, 0.1) is 49.7 Å². The highest BCUT2D eigenvalue weighted by Crippen LogP contribution is 2.62. The average molecular weight is 831 g/mol. The maximum Gasteiger partial charge on any atom is 0.412 e. The van der Waals surface area contributed by atoms with Crippen LogP contribution in [0.15, 0.2) is 71.9 Å². The second-order valence-corrected chi connectivity index (χ2v) is 16.4. The number of fused-ring (bicyclic) bond motifs is 2. The predicted octanol–water partition coefficient (Wildman–Crippen LogP) is 6.25. The molecule has 0 unspecified atom stereocenters. The van der Waals surface area contributed by atoms with Gasteiger partial charge in [0.25, 0.3) is 5.91 Å². The van der Waals surface area contributed by atoms with Gasteiger partial charge in [-0.2, -0.15) is 5.26 Å². The molecule has 1 aliphatic heterocycles. The summed E-state index contributed by atoms with van der Waals surface area (Å²) in [4.78, 5) is 35.6. The van der Waals surface area contributed by atoms with Crippen molar-refractivity contribution in [2.45, 2.75) is 96.0 Å². The van der Waals surface area contributed by atoms with E-state index in [1.54, 1.807) is 47.4 Å². The smallest absolute Gasteiger partial charge is 0.412 e. The van der Waals surface area contributed by atoms with E-state index in [2.05, 4.69) is 24.0 Å². The lowest BCUT2D eigenvalue weighted by molar-refractivity contribution is -0.254. The number of rotatable bonds is 21. The quantitative estimate of drug-likeness (QED) is 0.0632. The van der Waals surface area contributed by atoms with Crippen molar-refractivity contribution in [2.24, 2.45) is 22.9 Å². The van der Waals surface area contributed by atoms with Gasteiger partial charge in [0, 0.05) is 49.8 Å². The van der Waals surface area contributed by atoms with Crippen molar-refractivity contribution in [3.8, 4) is 17.6 Å². The summed E-state index contributed by atoms with van der Waals surface area (Å²) in [7, 11) is 0. The van der Waals surface area contributed by atoms with Crippen molar-refractivity contribution < 1.29 is 48.7 Å². The van der Waals surface area contributed by atoms with Crippen LogP contribution in [0.5, 0.6) is 11.5 Å². The Hall–Kier alpha value is -4.78. The zero-order chi connectivity index (χ0) is 43.3. The number of hydrogen-bond donors (Lipinski definition) is 4. The lowest BCUT2D eigenvalue weighted by Gasteiger charge is -2.60. The molecular weight excluding hydrogens is 769 g/mol. The molecule has 4 N–H and O–H groups in total. The predicted molar refractivity (Wildman–Crippen MR) is 226 cm³/mol. The number of unbranched alkanes of at least 4 members (excludes halogenated alkanes) is 2. The summed E-state index contributed by atoms with van der Waals surface area (Å²) in [6.07, 6.45) is 7.72. The Morgan fingerprint density at radius 3 is 2.43 bits per heavy atom. The second kappa shape index (κ2) is 21.7. The highest BCUT2D eigenvalue weighted by Gasteiger charge is 2.65. The summed E-state index contributed by atoms with van der Waals surface area (Å²) in [6.45, 7) is 12.2. The fourth-order valence-electron chi connectivity index (χ4n) is 8.77. The van der Waals surface area contributed by atoms with E-state index in [-0.39, 0.29) is 76.3 Å². The molecular formula is C46H62N4O10. The molecule has 326 valence electrons. The lowest BCUT2D eigenvalue weighted by Crippen LogP contribution is -2.70. The Balaban J connectivity index is 1.81. The van der Waals surface area contributed by atoms with Crippen LogP contribution >= 0.6 is 0 Å². The van der Waals surface area contributed by atoms with Crippen LogP contribution in [-0.2, 0) is 14.3 Å². The van der Waals surface area contributed by atoms with Gasteiger partial charge in [-0.1, -0.05) is 30.1 Å². The van der Waals surface area contributed by atoms with E-state index in [9.17, 15) is 30.2 Å². The number of hydrogen-bond acceptors (Lipinski definition) is 12. The zero-order valence-electron chi connectivity index (χ0n) is 35.4. The van der Waals surface area contributed by atoms with Crippen LogP contribution in [0.4, 0.5) is 4.79 Å². The molecule has 5 rings (SSSR count). The third-order valence-electron chi connectivity index (χ3n) is 11.2. The minimum Gasteiger partial charge on any atom is -0.459 e. The molecule has 1 heterocycles. The van der Waals surface area contributed by atoms with E-state index in [1.165, 1.54) is 0 Å². The zero-order valence-corrected chi connectivity index (χ0v) is 35.4. The van der Waals surface area contributed by atoms with Crippen LogP contribution in [-0.4, -0.2) is 108 Å². The van der Waals surface area contributed by atoms with Crippen molar-refractivity contribution in [3.63, 3.8) is 0 Å². The van der Waals surface area contributed by atoms with Gasteiger partial charge in [0.1, 0.15) is 23.1 Å². The van der Waals surface area contributed by atoms with Gasteiger partial charge >= 0.3 is 6.09 Å². The minimum atomic E-state index is -1.54. The molecule has 2 aromatic carbocycles. The van der Waals surface area contributed by atoms with E-state index in [0.29, 0.717) is 47.7 Å². The number of oxime groups is 1. The molecule has 6 atom stereocenters. The number of nitriles is 1. The molecule has 0 radical (unpaired) electrons. The third kappa shape index (κ3) is 10.9. The van der Waals surface area contributed by atoms with Gasteiger partial charge in [0.2, 0.25) is 5.79 Å². The van der Waals surface area contributed by atoms with E-state index in [0.717, 1.165) is 36.8 Å². The molecule has 60 heavy (non-hydrogen) atoms. The molecule has 0 bridgehead atoms. The number of aliphatic hydroxyl groups is 3. The number of benzene rings is 2. The fourth-order valence-corrected chi connectivity index (χ4v) is 8.77. The molecule has 14 nitrogen and oxygen atoms in total. The first-order valence-corrected chi connectivity index (χ1v) is 21.2. The Kier molecular flexibility index (Phi) is 16.7. The van der Waals surface area contributed by atoms with Gasteiger partial charge in [-0.25, -0.2) is 4.79 Å². The summed E-state index contributed by atoms with van der Waals surface area (Å²) in [6, 6.07) is 13.0. The van der Waals surface area contributed by atoms with Crippen molar-refractivity contribution >= 4 is 17.7 Å². The lowest BCUT2D eigenvalue weighted by atomic mass is 9.55. The van der Waals surface area contributed by atoms with E-state index in [1.807, 2.05) is 33.8 Å². The van der Waals surface area contributed by atoms with Gasteiger partial charge in [-0.05, 0) is 113 Å². The highest BCUT2D eigenvalue weighted by molar-refractivity contribution is 6.03. The second-order valence-electron chi connectivity index (χ2n) is 16.4. The maximum absolute atomic E-state index is 15.0. The van der Waals surface area contributed by atoms with Gasteiger partial charge in [0.15, 0.2) is 0 Å². The Bertz CT molecular complexity index is 1870. The van der Waals surface area contributed by atoms with Crippen LogP contribution < -0.4 is 14.8 Å². The number of carbonyl (C=O) groups is 2. The van der Waals surface area contributed by atoms with E-state index >= 15 is 0 Å². The van der Waals surface area contributed by atoms with E-state index in [4.69, 9.17) is 28.9 Å². The topological polar surface area (TPSA) is 192 Å². The number of nitrogens with one attached hydrogen (secondary N) is 1. The third-order valence-corrected chi connectivity index (χ3v) is 11.2. The van der Waals surface area contributed by atoms with Crippen molar-refractivity contribution in [3.05, 3.63) is 83.5 Å². The van der Waals surface area contributed by atoms with Crippen LogP contribution in [0.2, 0.25) is 0 Å². The number of aliphatic hydroxyl groups excluding tert-OH is 3. The summed E-state index contributed by atoms with van der Waals surface area (Å²) >= 11 is 0. The summed E-state index contributed by atoms with van der Waals surface area (Å²) in [5, 5.41) is 46.4. The monoisotopic (exact) mass is 830 g/mol. The SMILES string of the molecule is C=CCO[C@@]12Oc3ccc(OC(=O)NCC)cc3[C@H]3[C@H](CCCCO)[C@@H](CCCCO)C=C(C(=NOC(C)(C)C)C[C@@H]1N(CCOCCO)C(=O)c1ccc(C#N)cc1)[C@H]32. The normalized spacial score (nSPS) is 23.6. The standard InChI is InChI=1S/C46H62N4O10/c1-6-24-57-46-40(50(20-25-56-26-23-53)43(54)32-16-14-31(30-47)15-17-32)29-38(49-60-45(3,4)5)36-27-33(12-8-10-21-51)35(13-9-11-22-52)41(42(36)46)37-28-34(18-19-39(37)59-46)58-44(55)48-7-2/h6,14-19,27-28,33,35,40-42,51-53H,1,7-13,20-26,29H2,2-5H3,(H,48,55)/t33-,35+,40-,41+,42+,46+/m0/s1. The van der Waals surface area contributed by atoms with Crippen LogP contribution in [0.25, 0.3) is 0 Å². The maximum atomic E-state index is 15.0. The number of carbonyl (C=O) groups excluding carboxylic acids is 2. The van der Waals surface area contributed by atoms with Crippen LogP contribution in [0.3, 0.4) is 0 Å².